The molecule has 4 nitrogen and oxygen atoms in total. The maximum atomic E-state index is 6.13. The minimum atomic E-state index is 0.696. The van der Waals surface area contributed by atoms with E-state index in [1.807, 2.05) is 60.0 Å². The van der Waals surface area contributed by atoms with Crippen LogP contribution in [0.4, 0.5) is 0 Å². The summed E-state index contributed by atoms with van der Waals surface area (Å²) in [7, 11) is 0. The van der Waals surface area contributed by atoms with Crippen LogP contribution in [0.25, 0.3) is 28.2 Å². The second-order valence-corrected chi connectivity index (χ2v) is 5.69. The standard InChI is InChI=1S/C18H13ClN4/c1-12-17(13-5-4-6-14(19)11-13)18-21-10-8-16(23(18)22-12)15-7-2-3-9-20-15/h2-11H,1H3. The number of benzene rings is 1. The van der Waals surface area contributed by atoms with Gasteiger partial charge in [-0.1, -0.05) is 29.8 Å². The molecule has 4 aromatic rings. The van der Waals surface area contributed by atoms with E-state index >= 15 is 0 Å². The first-order valence-electron chi connectivity index (χ1n) is 7.26. The highest BCUT2D eigenvalue weighted by molar-refractivity contribution is 6.30. The Morgan fingerprint density at radius 2 is 1.87 bits per heavy atom. The molecule has 0 aliphatic rings. The average Bonchev–Trinajstić information content (AvgIpc) is 2.91. The number of hydrogen-bond acceptors (Lipinski definition) is 3. The third kappa shape index (κ3) is 2.37. The summed E-state index contributed by atoms with van der Waals surface area (Å²) in [6, 6.07) is 15.5. The number of halogens is 1. The normalized spacial score (nSPS) is 11.0. The molecule has 0 unspecified atom stereocenters. The Kier molecular flexibility index (Phi) is 3.32. The van der Waals surface area contributed by atoms with Gasteiger partial charge in [-0.15, -0.1) is 0 Å². The Balaban J connectivity index is 2.00. The number of nitrogens with zero attached hydrogens (tertiary/aromatic N) is 4. The van der Waals surface area contributed by atoms with E-state index in [9.17, 15) is 0 Å². The van der Waals surface area contributed by atoms with Crippen molar-refractivity contribution in [2.45, 2.75) is 6.92 Å². The summed E-state index contributed by atoms with van der Waals surface area (Å²) in [5.41, 5.74) is 5.48. The predicted octanol–water partition coefficient (Wildman–Crippen LogP) is 4.42. The van der Waals surface area contributed by atoms with Gasteiger partial charge < -0.3 is 0 Å². The highest BCUT2D eigenvalue weighted by Crippen LogP contribution is 2.30. The third-order valence-corrected chi connectivity index (χ3v) is 3.97. The lowest BCUT2D eigenvalue weighted by Crippen LogP contribution is -1.97. The second kappa shape index (κ2) is 5.48. The smallest absolute Gasteiger partial charge is 0.163 e. The molecule has 0 saturated carbocycles. The summed E-state index contributed by atoms with van der Waals surface area (Å²) >= 11 is 6.13. The van der Waals surface area contributed by atoms with Crippen molar-refractivity contribution in [3.63, 3.8) is 0 Å². The highest BCUT2D eigenvalue weighted by Gasteiger charge is 2.16. The zero-order chi connectivity index (χ0) is 15.8. The molecule has 0 spiro atoms. The fraction of sp³-hybridized carbons (Fsp3) is 0.0556. The molecule has 3 heterocycles. The van der Waals surface area contributed by atoms with Gasteiger partial charge in [0, 0.05) is 23.0 Å². The highest BCUT2D eigenvalue weighted by atomic mass is 35.5. The number of fused-ring (bicyclic) bond motifs is 1. The predicted molar refractivity (Wildman–Crippen MR) is 91.4 cm³/mol. The van der Waals surface area contributed by atoms with E-state index in [0.717, 1.165) is 33.9 Å². The minimum absolute atomic E-state index is 0.696. The van der Waals surface area contributed by atoms with Crippen LogP contribution in [0.5, 0.6) is 0 Å². The number of aromatic nitrogens is 4. The van der Waals surface area contributed by atoms with Crippen LogP contribution in [-0.2, 0) is 0 Å². The summed E-state index contributed by atoms with van der Waals surface area (Å²) < 4.78 is 1.84. The van der Waals surface area contributed by atoms with E-state index in [-0.39, 0.29) is 0 Å². The van der Waals surface area contributed by atoms with E-state index in [1.54, 1.807) is 12.4 Å². The van der Waals surface area contributed by atoms with Gasteiger partial charge in [0.15, 0.2) is 5.65 Å². The molecule has 0 bridgehead atoms. The largest absolute Gasteiger partial charge is 0.255 e. The molecule has 0 fully saturated rings. The molecule has 0 atom stereocenters. The molecule has 3 aromatic heterocycles. The Hall–Kier alpha value is -2.72. The number of rotatable bonds is 2. The zero-order valence-electron chi connectivity index (χ0n) is 12.4. The van der Waals surface area contributed by atoms with Crippen molar-refractivity contribution >= 4 is 17.2 Å². The average molecular weight is 321 g/mol. The van der Waals surface area contributed by atoms with Crippen molar-refractivity contribution in [2.24, 2.45) is 0 Å². The van der Waals surface area contributed by atoms with Gasteiger partial charge in [0.2, 0.25) is 0 Å². The van der Waals surface area contributed by atoms with E-state index in [4.69, 9.17) is 11.6 Å². The minimum Gasteiger partial charge on any atom is -0.255 e. The lowest BCUT2D eigenvalue weighted by atomic mass is 10.1. The summed E-state index contributed by atoms with van der Waals surface area (Å²) in [5, 5.41) is 5.36. The number of hydrogen-bond donors (Lipinski definition) is 0. The lowest BCUT2D eigenvalue weighted by molar-refractivity contribution is 0.920. The van der Waals surface area contributed by atoms with E-state index in [0.29, 0.717) is 5.02 Å². The van der Waals surface area contributed by atoms with Crippen molar-refractivity contribution in [3.05, 3.63) is 71.6 Å². The molecule has 23 heavy (non-hydrogen) atoms. The van der Waals surface area contributed by atoms with Crippen molar-refractivity contribution in [3.8, 4) is 22.5 Å². The molecule has 0 aliphatic carbocycles. The summed E-state index contributed by atoms with van der Waals surface area (Å²) in [6.45, 7) is 1.98. The fourth-order valence-electron chi connectivity index (χ4n) is 2.74. The molecule has 112 valence electrons. The van der Waals surface area contributed by atoms with Gasteiger partial charge in [0.1, 0.15) is 0 Å². The SMILES string of the molecule is Cc1nn2c(-c3ccccn3)ccnc2c1-c1cccc(Cl)c1. The van der Waals surface area contributed by atoms with Gasteiger partial charge >= 0.3 is 0 Å². The molecular formula is C18H13ClN4. The summed E-state index contributed by atoms with van der Waals surface area (Å²) in [5.74, 6) is 0. The van der Waals surface area contributed by atoms with E-state index < -0.39 is 0 Å². The monoisotopic (exact) mass is 320 g/mol. The zero-order valence-corrected chi connectivity index (χ0v) is 13.2. The van der Waals surface area contributed by atoms with Crippen molar-refractivity contribution in [2.75, 3.05) is 0 Å². The van der Waals surface area contributed by atoms with Gasteiger partial charge in [0.25, 0.3) is 0 Å². The van der Waals surface area contributed by atoms with Crippen molar-refractivity contribution in [1.29, 1.82) is 0 Å². The van der Waals surface area contributed by atoms with Gasteiger partial charge in [-0.3, -0.25) is 4.98 Å². The molecule has 5 heteroatoms. The lowest BCUT2D eigenvalue weighted by Gasteiger charge is -2.04. The maximum absolute atomic E-state index is 6.13. The summed E-state index contributed by atoms with van der Waals surface area (Å²) in [6.07, 6.45) is 3.56. The van der Waals surface area contributed by atoms with E-state index in [1.165, 1.54) is 0 Å². The van der Waals surface area contributed by atoms with Crippen LogP contribution in [0.2, 0.25) is 5.02 Å². The van der Waals surface area contributed by atoms with Gasteiger partial charge in [0.05, 0.1) is 17.1 Å². The summed E-state index contributed by atoms with van der Waals surface area (Å²) in [4.78, 5) is 8.94. The molecule has 0 N–H and O–H groups in total. The second-order valence-electron chi connectivity index (χ2n) is 5.25. The van der Waals surface area contributed by atoms with Crippen LogP contribution < -0.4 is 0 Å². The Morgan fingerprint density at radius 3 is 2.65 bits per heavy atom. The molecule has 1 aromatic carbocycles. The molecular weight excluding hydrogens is 308 g/mol. The fourth-order valence-corrected chi connectivity index (χ4v) is 2.93. The maximum Gasteiger partial charge on any atom is 0.163 e. The van der Waals surface area contributed by atoms with Crippen LogP contribution >= 0.6 is 11.6 Å². The van der Waals surface area contributed by atoms with Crippen molar-refractivity contribution < 1.29 is 0 Å². The molecule has 0 saturated heterocycles. The Labute approximate surface area is 138 Å². The first-order chi connectivity index (χ1) is 11.2. The van der Waals surface area contributed by atoms with Crippen LogP contribution in [0.15, 0.2) is 60.9 Å². The van der Waals surface area contributed by atoms with Crippen LogP contribution in [0.1, 0.15) is 5.69 Å². The Bertz CT molecular complexity index is 993. The van der Waals surface area contributed by atoms with Crippen LogP contribution in [0, 0.1) is 6.92 Å². The van der Waals surface area contributed by atoms with Gasteiger partial charge in [-0.05, 0) is 42.8 Å². The third-order valence-electron chi connectivity index (χ3n) is 3.73. The van der Waals surface area contributed by atoms with E-state index in [2.05, 4.69) is 15.1 Å². The first-order valence-corrected chi connectivity index (χ1v) is 7.63. The molecule has 0 amide bonds. The number of pyridine rings is 1. The first kappa shape index (κ1) is 13.9. The number of aryl methyl sites for hydroxylation is 1. The van der Waals surface area contributed by atoms with Gasteiger partial charge in [-0.25, -0.2) is 9.50 Å². The van der Waals surface area contributed by atoms with Crippen LogP contribution in [-0.4, -0.2) is 19.6 Å². The Morgan fingerprint density at radius 1 is 0.957 bits per heavy atom. The van der Waals surface area contributed by atoms with Crippen molar-refractivity contribution in [1.82, 2.24) is 19.6 Å². The topological polar surface area (TPSA) is 43.1 Å². The van der Waals surface area contributed by atoms with Crippen LogP contribution in [0.3, 0.4) is 0 Å². The van der Waals surface area contributed by atoms with Gasteiger partial charge in [-0.2, -0.15) is 5.10 Å². The quantitative estimate of drug-likeness (QED) is 0.549. The molecule has 4 rings (SSSR count). The molecule has 0 radical (unpaired) electrons. The molecule has 0 aliphatic heterocycles.